The molecule has 1 saturated heterocycles. The van der Waals surface area contributed by atoms with E-state index in [0.29, 0.717) is 6.10 Å². The number of benzene rings is 1. The molecule has 2 rings (SSSR count). The van der Waals surface area contributed by atoms with Gasteiger partial charge in [0.25, 0.3) is 0 Å². The van der Waals surface area contributed by atoms with Gasteiger partial charge in [0.05, 0.1) is 0 Å². The average molecular weight is 289 g/mol. The van der Waals surface area contributed by atoms with Gasteiger partial charge in [0.1, 0.15) is 0 Å². The summed E-state index contributed by atoms with van der Waals surface area (Å²) in [6.45, 7) is 2.92. The number of hydrogen-bond donors (Lipinski definition) is 0. The molecule has 0 bridgehead atoms. The standard InChI is InChI=1S/C11H15O2PSe/c1-10-7-8-12-14(15,13-10)9-11-5-3-2-4-6-11/h2-6,10H,7-9H2,1H3/t10-,14+/m0/s1. The fourth-order valence-electron chi connectivity index (χ4n) is 1.60. The van der Waals surface area contributed by atoms with Gasteiger partial charge in [-0.2, -0.15) is 0 Å². The second-order valence-corrected chi connectivity index (χ2v) is 9.30. The Labute approximate surface area is 98.4 Å². The van der Waals surface area contributed by atoms with Crippen molar-refractivity contribution in [1.82, 2.24) is 0 Å². The van der Waals surface area contributed by atoms with Gasteiger partial charge < -0.3 is 0 Å². The molecule has 1 fully saturated rings. The predicted molar refractivity (Wildman–Crippen MR) is 63.9 cm³/mol. The van der Waals surface area contributed by atoms with Crippen LogP contribution in [0, 0.1) is 0 Å². The second kappa shape index (κ2) is 4.95. The molecule has 0 aromatic heterocycles. The molecule has 0 saturated carbocycles. The monoisotopic (exact) mass is 290 g/mol. The molecule has 0 spiro atoms. The Morgan fingerprint density at radius 1 is 1.40 bits per heavy atom. The van der Waals surface area contributed by atoms with Crippen molar-refractivity contribution in [1.29, 1.82) is 0 Å². The first-order chi connectivity index (χ1) is 7.18. The first-order valence-electron chi connectivity index (χ1n) is 5.14. The number of hydrogen-bond acceptors (Lipinski definition) is 2. The van der Waals surface area contributed by atoms with Crippen LogP contribution in [0.3, 0.4) is 0 Å². The molecule has 1 aliphatic rings. The Morgan fingerprint density at radius 3 is 2.80 bits per heavy atom. The first kappa shape index (κ1) is 11.6. The van der Waals surface area contributed by atoms with E-state index < -0.39 is 5.96 Å². The minimum atomic E-state index is -1.77. The molecule has 1 heterocycles. The molecular weight excluding hydrogens is 274 g/mol. The molecule has 0 N–H and O–H groups in total. The maximum absolute atomic E-state index is 5.91. The minimum absolute atomic E-state index is 0.317. The Balaban J connectivity index is 2.07. The van der Waals surface area contributed by atoms with Gasteiger partial charge in [-0.15, -0.1) is 0 Å². The van der Waals surface area contributed by atoms with Crippen LogP contribution < -0.4 is 0 Å². The molecule has 15 heavy (non-hydrogen) atoms. The van der Waals surface area contributed by atoms with E-state index in [2.05, 4.69) is 46.3 Å². The Hall–Kier alpha value is 0.0895. The summed E-state index contributed by atoms with van der Waals surface area (Å²) in [5.41, 5.74) is 1.28. The normalized spacial score (nSPS) is 31.4. The van der Waals surface area contributed by atoms with E-state index in [0.717, 1.165) is 19.2 Å². The van der Waals surface area contributed by atoms with Crippen molar-refractivity contribution in [2.24, 2.45) is 0 Å². The predicted octanol–water partition coefficient (Wildman–Crippen LogP) is 2.94. The molecule has 82 valence electrons. The van der Waals surface area contributed by atoms with E-state index in [9.17, 15) is 0 Å². The molecule has 1 aromatic carbocycles. The fourth-order valence-corrected chi connectivity index (χ4v) is 5.86. The van der Waals surface area contributed by atoms with Gasteiger partial charge >= 0.3 is 98.2 Å². The zero-order valence-corrected chi connectivity index (χ0v) is 11.4. The van der Waals surface area contributed by atoms with E-state index >= 15 is 0 Å². The van der Waals surface area contributed by atoms with Crippen LogP contribution in [0.5, 0.6) is 0 Å². The van der Waals surface area contributed by atoms with Crippen LogP contribution in [0.2, 0.25) is 0 Å². The van der Waals surface area contributed by atoms with Crippen molar-refractivity contribution in [2.45, 2.75) is 25.6 Å². The molecule has 0 unspecified atom stereocenters. The van der Waals surface area contributed by atoms with Gasteiger partial charge in [0, 0.05) is 0 Å². The van der Waals surface area contributed by atoms with Gasteiger partial charge in [0.2, 0.25) is 0 Å². The van der Waals surface area contributed by atoms with Gasteiger partial charge in [-0.25, -0.2) is 0 Å². The molecule has 1 aliphatic heterocycles. The SMILES string of the molecule is C[C@H]1CCO[P@](=[Se])(Cc2ccccc2)O1. The summed E-state index contributed by atoms with van der Waals surface area (Å²) in [4.78, 5) is 0. The van der Waals surface area contributed by atoms with Crippen molar-refractivity contribution in [3.63, 3.8) is 0 Å². The molecule has 0 radical (unpaired) electrons. The molecule has 2 nitrogen and oxygen atoms in total. The van der Waals surface area contributed by atoms with Crippen molar-refractivity contribution < 1.29 is 9.05 Å². The molecule has 1 aromatic rings. The maximum atomic E-state index is 5.91. The zero-order chi connectivity index (χ0) is 10.7. The third-order valence-corrected chi connectivity index (χ3v) is 6.40. The molecule has 2 atom stereocenters. The van der Waals surface area contributed by atoms with Gasteiger partial charge in [-0.3, -0.25) is 0 Å². The fraction of sp³-hybridized carbons (Fsp3) is 0.455. The summed E-state index contributed by atoms with van der Waals surface area (Å²) >= 11 is 3.14. The summed E-state index contributed by atoms with van der Waals surface area (Å²) in [5, 5.41) is 0. The van der Waals surface area contributed by atoms with Crippen LogP contribution in [0.1, 0.15) is 18.9 Å². The van der Waals surface area contributed by atoms with E-state index in [-0.39, 0.29) is 0 Å². The van der Waals surface area contributed by atoms with Crippen molar-refractivity contribution >= 4 is 21.1 Å². The van der Waals surface area contributed by atoms with Gasteiger partial charge in [-0.1, -0.05) is 0 Å². The van der Waals surface area contributed by atoms with Crippen LogP contribution in [-0.4, -0.2) is 27.8 Å². The average Bonchev–Trinajstić information content (AvgIpc) is 2.18. The van der Waals surface area contributed by atoms with Crippen LogP contribution in [-0.2, 0) is 15.2 Å². The van der Waals surface area contributed by atoms with Gasteiger partial charge in [-0.05, 0) is 0 Å². The zero-order valence-electron chi connectivity index (χ0n) is 8.76. The molecule has 4 heteroatoms. The van der Waals surface area contributed by atoms with Crippen LogP contribution in [0.4, 0.5) is 0 Å². The number of rotatable bonds is 2. The Kier molecular flexibility index (Phi) is 3.82. The van der Waals surface area contributed by atoms with E-state index in [1.807, 2.05) is 6.07 Å². The Bertz CT molecular complexity index is 366. The third-order valence-electron chi connectivity index (χ3n) is 2.37. The van der Waals surface area contributed by atoms with Crippen molar-refractivity contribution in [3.05, 3.63) is 35.9 Å². The van der Waals surface area contributed by atoms with E-state index in [1.165, 1.54) is 5.56 Å². The van der Waals surface area contributed by atoms with E-state index in [1.54, 1.807) is 0 Å². The Morgan fingerprint density at radius 2 is 2.13 bits per heavy atom. The summed E-state index contributed by atoms with van der Waals surface area (Å²) < 4.78 is 11.7. The van der Waals surface area contributed by atoms with Crippen molar-refractivity contribution in [3.8, 4) is 0 Å². The van der Waals surface area contributed by atoms with Crippen molar-refractivity contribution in [2.75, 3.05) is 6.61 Å². The summed E-state index contributed by atoms with van der Waals surface area (Å²) in [6.07, 6.45) is 2.19. The second-order valence-electron chi connectivity index (χ2n) is 3.79. The molecular formula is C11H15O2PSe. The summed E-state index contributed by atoms with van der Waals surface area (Å²) in [6, 6.07) is 10.4. The van der Waals surface area contributed by atoms with E-state index in [4.69, 9.17) is 9.05 Å². The first-order valence-corrected chi connectivity index (χ1v) is 9.16. The molecule has 0 aliphatic carbocycles. The molecule has 0 amide bonds. The van der Waals surface area contributed by atoms with Crippen LogP contribution in [0.25, 0.3) is 0 Å². The summed E-state index contributed by atoms with van der Waals surface area (Å²) in [7, 11) is 0. The third kappa shape index (κ3) is 3.27. The van der Waals surface area contributed by atoms with Crippen LogP contribution in [0.15, 0.2) is 30.3 Å². The quantitative estimate of drug-likeness (QED) is 0.615. The van der Waals surface area contributed by atoms with Gasteiger partial charge in [0.15, 0.2) is 0 Å². The topological polar surface area (TPSA) is 18.5 Å². The van der Waals surface area contributed by atoms with Crippen LogP contribution >= 0.6 is 5.96 Å². The summed E-state index contributed by atoms with van der Waals surface area (Å²) in [5.74, 6) is -1.77.